The van der Waals surface area contributed by atoms with Crippen molar-refractivity contribution in [3.05, 3.63) is 57.1 Å². The molecule has 0 radical (unpaired) electrons. The maximum Gasteiger partial charge on any atom is 0.337 e. The number of halogens is 1. The van der Waals surface area contributed by atoms with Gasteiger partial charge in [-0.2, -0.15) is 0 Å². The molecule has 0 aliphatic rings. The van der Waals surface area contributed by atoms with Gasteiger partial charge in [0.15, 0.2) is 4.34 Å². The summed E-state index contributed by atoms with van der Waals surface area (Å²) in [6, 6.07) is 8.46. The fourth-order valence-corrected chi connectivity index (χ4v) is 4.26. The van der Waals surface area contributed by atoms with Gasteiger partial charge in [0, 0.05) is 17.2 Å². The zero-order chi connectivity index (χ0) is 19.6. The van der Waals surface area contributed by atoms with E-state index in [0.717, 1.165) is 11.8 Å². The van der Waals surface area contributed by atoms with Crippen molar-refractivity contribution in [2.24, 2.45) is 0 Å². The fraction of sp³-hybridized carbons (Fsp3) is 0.0625. The molecule has 1 aromatic heterocycles. The highest BCUT2D eigenvalue weighted by Gasteiger charge is 2.15. The molecular formula is C16H10ClN3O5S2. The van der Waals surface area contributed by atoms with E-state index in [-0.39, 0.29) is 22.7 Å². The van der Waals surface area contributed by atoms with Crippen molar-refractivity contribution >= 4 is 68.2 Å². The van der Waals surface area contributed by atoms with Crippen LogP contribution in [-0.4, -0.2) is 32.6 Å². The van der Waals surface area contributed by atoms with E-state index in [1.54, 1.807) is 6.07 Å². The zero-order valence-corrected chi connectivity index (χ0v) is 15.7. The van der Waals surface area contributed by atoms with Crippen LogP contribution in [0.5, 0.6) is 0 Å². The molecule has 0 aliphatic heterocycles. The van der Waals surface area contributed by atoms with Gasteiger partial charge in [-0.3, -0.25) is 14.9 Å². The minimum absolute atomic E-state index is 0.00646. The molecule has 1 heterocycles. The Kier molecular flexibility index (Phi) is 5.59. The van der Waals surface area contributed by atoms with Gasteiger partial charge in [0.2, 0.25) is 5.91 Å². The van der Waals surface area contributed by atoms with Crippen LogP contribution in [0.3, 0.4) is 0 Å². The first-order valence-electron chi connectivity index (χ1n) is 7.34. The predicted molar refractivity (Wildman–Crippen MR) is 104 cm³/mol. The van der Waals surface area contributed by atoms with Crippen LogP contribution in [-0.2, 0) is 4.79 Å². The summed E-state index contributed by atoms with van der Waals surface area (Å²) in [5.74, 6) is -1.61. The first-order valence-corrected chi connectivity index (χ1v) is 9.52. The lowest BCUT2D eigenvalue weighted by Gasteiger charge is -2.08. The van der Waals surface area contributed by atoms with Gasteiger partial charge in [-0.15, -0.1) is 11.3 Å². The second-order valence-corrected chi connectivity index (χ2v) is 7.91. The van der Waals surface area contributed by atoms with Gasteiger partial charge in [0.05, 0.1) is 32.1 Å². The SMILES string of the molecule is O=C(CSc1nc2ccc([N+](=O)[O-])cc2s1)Nc1cc(Cl)ccc1C(=O)O. The van der Waals surface area contributed by atoms with Crippen LogP contribution in [0.15, 0.2) is 40.7 Å². The number of nitro groups is 1. The third kappa shape index (κ3) is 4.54. The highest BCUT2D eigenvalue weighted by Crippen LogP contribution is 2.32. The molecule has 138 valence electrons. The molecule has 0 atom stereocenters. The molecule has 0 unspecified atom stereocenters. The van der Waals surface area contributed by atoms with Crippen molar-refractivity contribution in [2.75, 3.05) is 11.1 Å². The molecule has 11 heteroatoms. The summed E-state index contributed by atoms with van der Waals surface area (Å²) < 4.78 is 1.22. The molecule has 27 heavy (non-hydrogen) atoms. The highest BCUT2D eigenvalue weighted by molar-refractivity contribution is 8.01. The summed E-state index contributed by atoms with van der Waals surface area (Å²) in [4.78, 5) is 38.0. The molecule has 0 spiro atoms. The van der Waals surface area contributed by atoms with Crippen molar-refractivity contribution in [1.29, 1.82) is 0 Å². The maximum absolute atomic E-state index is 12.2. The summed E-state index contributed by atoms with van der Waals surface area (Å²) in [5, 5.41) is 22.8. The number of nitro benzene ring substituents is 1. The standard InChI is InChI=1S/C16H10ClN3O5S2/c17-8-1-3-10(15(22)23)12(5-8)18-14(21)7-26-16-19-11-4-2-9(20(24)25)6-13(11)27-16/h1-6H,7H2,(H,18,21)(H,22,23). The number of nitrogens with one attached hydrogen (secondary N) is 1. The van der Waals surface area contributed by atoms with Crippen LogP contribution in [0.4, 0.5) is 11.4 Å². The van der Waals surface area contributed by atoms with Gasteiger partial charge in [-0.1, -0.05) is 23.4 Å². The Morgan fingerprint density at radius 3 is 2.78 bits per heavy atom. The first-order chi connectivity index (χ1) is 12.8. The van der Waals surface area contributed by atoms with Crippen LogP contribution < -0.4 is 5.32 Å². The quantitative estimate of drug-likeness (QED) is 0.344. The number of carboxylic acids is 1. The molecule has 8 nitrogen and oxygen atoms in total. The van der Waals surface area contributed by atoms with Crippen molar-refractivity contribution < 1.29 is 19.6 Å². The molecule has 0 saturated heterocycles. The van der Waals surface area contributed by atoms with E-state index < -0.39 is 16.8 Å². The maximum atomic E-state index is 12.2. The number of carbonyl (C=O) groups is 2. The number of fused-ring (bicyclic) bond motifs is 1. The lowest BCUT2D eigenvalue weighted by Crippen LogP contribution is -2.16. The third-order valence-corrected chi connectivity index (χ3v) is 5.77. The molecule has 1 amide bonds. The van der Waals surface area contributed by atoms with Crippen LogP contribution in [0.25, 0.3) is 10.2 Å². The summed E-state index contributed by atoms with van der Waals surface area (Å²) in [5.41, 5.74) is 0.629. The number of anilines is 1. The van der Waals surface area contributed by atoms with Gasteiger partial charge in [-0.05, 0) is 24.3 Å². The largest absolute Gasteiger partial charge is 0.478 e. The van der Waals surface area contributed by atoms with Crippen molar-refractivity contribution in [1.82, 2.24) is 4.98 Å². The van der Waals surface area contributed by atoms with Crippen molar-refractivity contribution in [3.8, 4) is 0 Å². The Labute approximate surface area is 165 Å². The molecular weight excluding hydrogens is 414 g/mol. The van der Waals surface area contributed by atoms with Crippen LogP contribution in [0, 0.1) is 10.1 Å². The second kappa shape index (κ2) is 7.91. The second-order valence-electron chi connectivity index (χ2n) is 5.22. The topological polar surface area (TPSA) is 122 Å². The summed E-state index contributed by atoms with van der Waals surface area (Å²) in [7, 11) is 0. The first kappa shape index (κ1) is 19.1. The number of aromatic carboxylic acids is 1. The number of hydrogen-bond donors (Lipinski definition) is 2. The Balaban J connectivity index is 1.69. The van der Waals surface area contributed by atoms with E-state index in [1.807, 2.05) is 0 Å². The number of thiazole rings is 1. The molecule has 3 aromatic rings. The molecule has 2 aromatic carbocycles. The Bertz CT molecular complexity index is 1070. The number of benzene rings is 2. The number of amides is 1. The van der Waals surface area contributed by atoms with Crippen molar-refractivity contribution in [3.63, 3.8) is 0 Å². The van der Waals surface area contributed by atoms with E-state index in [1.165, 1.54) is 41.7 Å². The highest BCUT2D eigenvalue weighted by atomic mass is 35.5. The lowest BCUT2D eigenvalue weighted by molar-refractivity contribution is -0.384. The van der Waals surface area contributed by atoms with Gasteiger partial charge >= 0.3 is 5.97 Å². The number of nitrogens with zero attached hydrogens (tertiary/aromatic N) is 2. The van der Waals surface area contributed by atoms with E-state index in [9.17, 15) is 19.7 Å². The van der Waals surface area contributed by atoms with Crippen molar-refractivity contribution in [2.45, 2.75) is 4.34 Å². The predicted octanol–water partition coefficient (Wildman–Crippen LogP) is 4.29. The number of aromatic nitrogens is 1. The van der Waals surface area contributed by atoms with E-state index in [2.05, 4.69) is 10.3 Å². The molecule has 3 rings (SSSR count). The molecule has 0 bridgehead atoms. The Hall–Kier alpha value is -2.69. The van der Waals surface area contributed by atoms with Crippen LogP contribution >= 0.6 is 34.7 Å². The number of non-ortho nitro benzene ring substituents is 1. The minimum atomic E-state index is -1.18. The lowest BCUT2D eigenvalue weighted by atomic mass is 10.2. The summed E-state index contributed by atoms with van der Waals surface area (Å²) in [6.07, 6.45) is 0. The average Bonchev–Trinajstić information content (AvgIpc) is 3.01. The van der Waals surface area contributed by atoms with E-state index >= 15 is 0 Å². The summed E-state index contributed by atoms with van der Waals surface area (Å²) >= 11 is 8.24. The monoisotopic (exact) mass is 423 g/mol. The number of rotatable bonds is 6. The number of thioether (sulfide) groups is 1. The van der Waals surface area contributed by atoms with Crippen LogP contribution in [0.2, 0.25) is 5.02 Å². The van der Waals surface area contributed by atoms with Gasteiger partial charge < -0.3 is 10.4 Å². The van der Waals surface area contributed by atoms with Gasteiger partial charge in [-0.25, -0.2) is 9.78 Å². The molecule has 0 aliphatic carbocycles. The third-order valence-electron chi connectivity index (χ3n) is 3.38. The normalized spacial score (nSPS) is 10.7. The van der Waals surface area contributed by atoms with E-state index in [4.69, 9.17) is 16.7 Å². The number of carbonyl (C=O) groups excluding carboxylic acids is 1. The molecule has 2 N–H and O–H groups in total. The molecule has 0 saturated carbocycles. The van der Waals surface area contributed by atoms with Crippen LogP contribution in [0.1, 0.15) is 10.4 Å². The molecule has 0 fully saturated rings. The average molecular weight is 424 g/mol. The number of hydrogen-bond acceptors (Lipinski definition) is 7. The van der Waals surface area contributed by atoms with Gasteiger partial charge in [0.25, 0.3) is 5.69 Å². The number of carboxylic acid groups (broad SMARTS) is 1. The Morgan fingerprint density at radius 1 is 1.30 bits per heavy atom. The van der Waals surface area contributed by atoms with E-state index in [0.29, 0.717) is 19.6 Å². The van der Waals surface area contributed by atoms with Gasteiger partial charge in [0.1, 0.15) is 0 Å². The Morgan fingerprint density at radius 2 is 2.07 bits per heavy atom. The fourth-order valence-electron chi connectivity index (χ4n) is 2.19. The summed E-state index contributed by atoms with van der Waals surface area (Å²) in [6.45, 7) is 0. The zero-order valence-electron chi connectivity index (χ0n) is 13.3. The minimum Gasteiger partial charge on any atom is -0.478 e. The smallest absolute Gasteiger partial charge is 0.337 e.